The summed E-state index contributed by atoms with van der Waals surface area (Å²) in [5.74, 6) is 0.542. The smallest absolute Gasteiger partial charge is 0.260 e. The van der Waals surface area contributed by atoms with Gasteiger partial charge in [0.25, 0.3) is 5.91 Å². The second-order valence-corrected chi connectivity index (χ2v) is 6.18. The number of benzene rings is 1. The van der Waals surface area contributed by atoms with E-state index in [9.17, 15) is 4.79 Å². The van der Waals surface area contributed by atoms with E-state index in [1.165, 1.54) is 11.8 Å². The molecule has 1 aliphatic rings. The average molecular weight is 321 g/mol. The fourth-order valence-electron chi connectivity index (χ4n) is 1.96. The van der Waals surface area contributed by atoms with Gasteiger partial charge in [0, 0.05) is 16.8 Å². The zero-order valence-corrected chi connectivity index (χ0v) is 12.8. The van der Waals surface area contributed by atoms with Crippen molar-refractivity contribution in [3.05, 3.63) is 57.8 Å². The van der Waals surface area contributed by atoms with Gasteiger partial charge in [0.05, 0.1) is 11.2 Å². The molecule has 0 aliphatic carbocycles. The van der Waals surface area contributed by atoms with Crippen molar-refractivity contribution in [1.82, 2.24) is 5.32 Å². The molecule has 108 valence electrons. The lowest BCUT2D eigenvalue weighted by molar-refractivity contribution is -0.116. The maximum atomic E-state index is 11.9. The molecule has 1 saturated heterocycles. The topological polar surface area (TPSA) is 54.3 Å². The van der Waals surface area contributed by atoms with Crippen molar-refractivity contribution in [2.24, 2.45) is 0 Å². The standard InChI is InChI=1S/C15H13ClN2O2S/c1-9-4-5-10(16)7-12(9)17-15-18-14(19)13(21-15)8-11-3-2-6-20-11/h2-8,15,17H,1H3,(H,18,19)/b13-8-. The second-order valence-electron chi connectivity index (χ2n) is 4.60. The molecule has 3 rings (SSSR count). The molecule has 1 atom stereocenters. The number of anilines is 1. The summed E-state index contributed by atoms with van der Waals surface area (Å²) in [6, 6.07) is 9.21. The molecule has 1 amide bonds. The molecule has 0 bridgehead atoms. The van der Waals surface area contributed by atoms with Gasteiger partial charge in [-0.1, -0.05) is 29.4 Å². The third-order valence-corrected chi connectivity index (χ3v) is 4.30. The van der Waals surface area contributed by atoms with Crippen LogP contribution in [0.2, 0.25) is 5.02 Å². The Labute approximate surface area is 131 Å². The first-order valence-electron chi connectivity index (χ1n) is 6.37. The molecule has 1 aromatic heterocycles. The Hall–Kier alpha value is -1.85. The monoisotopic (exact) mass is 320 g/mol. The van der Waals surface area contributed by atoms with Crippen molar-refractivity contribution in [3.8, 4) is 0 Å². The SMILES string of the molecule is Cc1ccc(Cl)cc1NC1NC(=O)/C(=C/c2ccco2)S1. The number of hydrogen-bond donors (Lipinski definition) is 2. The number of nitrogens with one attached hydrogen (secondary N) is 2. The molecule has 0 radical (unpaired) electrons. The Kier molecular flexibility index (Phi) is 3.94. The van der Waals surface area contributed by atoms with Crippen LogP contribution in [0, 0.1) is 6.92 Å². The van der Waals surface area contributed by atoms with E-state index in [1.54, 1.807) is 18.4 Å². The van der Waals surface area contributed by atoms with Gasteiger partial charge in [0.2, 0.25) is 0 Å². The van der Waals surface area contributed by atoms with Gasteiger partial charge in [-0.2, -0.15) is 0 Å². The van der Waals surface area contributed by atoms with Crippen LogP contribution in [0.1, 0.15) is 11.3 Å². The maximum absolute atomic E-state index is 11.9. The van der Waals surface area contributed by atoms with E-state index < -0.39 is 0 Å². The van der Waals surface area contributed by atoms with Crippen LogP contribution >= 0.6 is 23.4 Å². The van der Waals surface area contributed by atoms with E-state index in [2.05, 4.69) is 10.6 Å². The average Bonchev–Trinajstić information content (AvgIpc) is 3.06. The van der Waals surface area contributed by atoms with E-state index in [-0.39, 0.29) is 11.4 Å². The third kappa shape index (κ3) is 3.25. The zero-order valence-electron chi connectivity index (χ0n) is 11.2. The molecule has 2 N–H and O–H groups in total. The van der Waals surface area contributed by atoms with Crippen molar-refractivity contribution in [1.29, 1.82) is 0 Å². The van der Waals surface area contributed by atoms with Crippen molar-refractivity contribution in [2.75, 3.05) is 5.32 Å². The van der Waals surface area contributed by atoms with Gasteiger partial charge in [-0.05, 0) is 36.8 Å². The lowest BCUT2D eigenvalue weighted by Gasteiger charge is -2.15. The molecule has 1 aromatic carbocycles. The molecule has 6 heteroatoms. The number of thioether (sulfide) groups is 1. The Morgan fingerprint density at radius 3 is 3.05 bits per heavy atom. The van der Waals surface area contributed by atoms with Gasteiger partial charge in [-0.25, -0.2) is 0 Å². The van der Waals surface area contributed by atoms with Crippen molar-refractivity contribution in [3.63, 3.8) is 0 Å². The summed E-state index contributed by atoms with van der Waals surface area (Å²) in [6.45, 7) is 1.99. The highest BCUT2D eigenvalue weighted by molar-refractivity contribution is 8.05. The van der Waals surface area contributed by atoms with Gasteiger partial charge in [-0.15, -0.1) is 0 Å². The van der Waals surface area contributed by atoms with E-state index >= 15 is 0 Å². The Bertz CT molecular complexity index is 698. The first kappa shape index (κ1) is 14.1. The van der Waals surface area contributed by atoms with Gasteiger partial charge < -0.3 is 15.1 Å². The molecular formula is C15H13ClN2O2S. The predicted octanol–water partition coefficient (Wildman–Crippen LogP) is 3.84. The summed E-state index contributed by atoms with van der Waals surface area (Å²) in [5.41, 5.74) is 1.74. The summed E-state index contributed by atoms with van der Waals surface area (Å²) in [6.07, 6.45) is 3.31. The van der Waals surface area contributed by atoms with Gasteiger partial charge in [0.15, 0.2) is 5.50 Å². The van der Waals surface area contributed by atoms with Gasteiger partial charge >= 0.3 is 0 Å². The highest BCUT2D eigenvalue weighted by Crippen LogP contribution is 2.31. The van der Waals surface area contributed by atoms with E-state index in [0.29, 0.717) is 15.7 Å². The lowest BCUT2D eigenvalue weighted by Crippen LogP contribution is -2.31. The summed E-state index contributed by atoms with van der Waals surface area (Å²) in [4.78, 5) is 12.6. The molecule has 4 nitrogen and oxygen atoms in total. The number of halogens is 1. The van der Waals surface area contributed by atoms with Crippen molar-refractivity contribution < 1.29 is 9.21 Å². The summed E-state index contributed by atoms with van der Waals surface area (Å²) >= 11 is 7.41. The van der Waals surface area contributed by atoms with Crippen LogP contribution in [0.4, 0.5) is 5.69 Å². The van der Waals surface area contributed by atoms with Crippen LogP contribution in [-0.4, -0.2) is 11.4 Å². The fraction of sp³-hybridized carbons (Fsp3) is 0.133. The molecule has 0 spiro atoms. The van der Waals surface area contributed by atoms with Crippen LogP contribution < -0.4 is 10.6 Å². The molecule has 1 fully saturated rings. The number of amides is 1. The first-order valence-corrected chi connectivity index (χ1v) is 7.63. The van der Waals surface area contributed by atoms with Crippen LogP contribution in [0.15, 0.2) is 45.9 Å². The molecule has 0 saturated carbocycles. The summed E-state index contributed by atoms with van der Waals surface area (Å²) < 4.78 is 5.22. The molecule has 1 unspecified atom stereocenters. The van der Waals surface area contributed by atoms with Crippen LogP contribution in [-0.2, 0) is 4.79 Å². The number of carbonyl (C=O) groups is 1. The normalized spacial score (nSPS) is 19.8. The minimum Gasteiger partial charge on any atom is -0.465 e. The number of rotatable bonds is 3. The predicted molar refractivity (Wildman–Crippen MR) is 86.0 cm³/mol. The van der Waals surface area contributed by atoms with E-state index in [0.717, 1.165) is 11.3 Å². The highest BCUT2D eigenvalue weighted by atomic mass is 35.5. The number of carbonyl (C=O) groups excluding carboxylic acids is 1. The number of furan rings is 1. The minimum atomic E-state index is -0.226. The Balaban J connectivity index is 1.74. The van der Waals surface area contributed by atoms with Crippen LogP contribution in [0.25, 0.3) is 6.08 Å². The Morgan fingerprint density at radius 1 is 1.43 bits per heavy atom. The number of aryl methyl sites for hydroxylation is 1. The lowest BCUT2D eigenvalue weighted by atomic mass is 10.2. The van der Waals surface area contributed by atoms with Crippen molar-refractivity contribution in [2.45, 2.75) is 12.4 Å². The summed E-state index contributed by atoms with van der Waals surface area (Å²) in [7, 11) is 0. The second kappa shape index (κ2) is 5.87. The van der Waals surface area contributed by atoms with Crippen LogP contribution in [0.3, 0.4) is 0 Å². The highest BCUT2D eigenvalue weighted by Gasteiger charge is 2.27. The van der Waals surface area contributed by atoms with Crippen LogP contribution in [0.5, 0.6) is 0 Å². The van der Waals surface area contributed by atoms with Crippen molar-refractivity contribution >= 4 is 41.0 Å². The largest absolute Gasteiger partial charge is 0.465 e. The maximum Gasteiger partial charge on any atom is 0.260 e. The molecule has 1 aliphatic heterocycles. The quantitative estimate of drug-likeness (QED) is 0.844. The molecule has 2 heterocycles. The Morgan fingerprint density at radius 2 is 2.29 bits per heavy atom. The van der Waals surface area contributed by atoms with E-state index in [1.807, 2.05) is 31.2 Å². The first-order chi connectivity index (χ1) is 10.1. The minimum absolute atomic E-state index is 0.117. The fourth-order valence-corrected chi connectivity index (χ4v) is 3.09. The molecule has 2 aromatic rings. The molecule has 21 heavy (non-hydrogen) atoms. The van der Waals surface area contributed by atoms with Gasteiger partial charge in [0.1, 0.15) is 5.76 Å². The zero-order chi connectivity index (χ0) is 14.8. The molecular weight excluding hydrogens is 308 g/mol. The summed E-state index contributed by atoms with van der Waals surface area (Å²) in [5, 5.41) is 6.79. The van der Waals surface area contributed by atoms with E-state index in [4.69, 9.17) is 16.0 Å². The third-order valence-electron chi connectivity index (χ3n) is 3.03. The van der Waals surface area contributed by atoms with Gasteiger partial charge in [-0.3, -0.25) is 4.79 Å². The number of hydrogen-bond acceptors (Lipinski definition) is 4.